The summed E-state index contributed by atoms with van der Waals surface area (Å²) < 4.78 is 0. The number of rotatable bonds is 1. The Morgan fingerprint density at radius 3 is 2.50 bits per heavy atom. The topological polar surface area (TPSA) is 47.3 Å². The first-order valence-corrected chi connectivity index (χ1v) is 4.98. The molecule has 0 aromatic carbocycles. The lowest BCUT2D eigenvalue weighted by molar-refractivity contribution is 0.148. The van der Waals surface area contributed by atoms with Crippen molar-refractivity contribution in [2.45, 2.75) is 19.3 Å². The van der Waals surface area contributed by atoms with Gasteiger partial charge in [0.15, 0.2) is 0 Å². The quantitative estimate of drug-likeness (QED) is 0.633. The van der Waals surface area contributed by atoms with Gasteiger partial charge in [0.05, 0.1) is 6.07 Å². The van der Waals surface area contributed by atoms with Crippen LogP contribution in [-0.2, 0) is 0 Å². The van der Waals surface area contributed by atoms with Crippen molar-refractivity contribution in [3.05, 3.63) is 0 Å². The number of carbonyl (C=O) groups excluding carboxylic acids is 1. The molecule has 0 aromatic rings. The lowest BCUT2D eigenvalue weighted by atomic mass is 9.94. The molecule has 0 bridgehead atoms. The highest BCUT2D eigenvalue weighted by molar-refractivity contribution is 5.73. The Labute approximate surface area is 85.1 Å². The summed E-state index contributed by atoms with van der Waals surface area (Å²) in [5.41, 5.74) is 0. The van der Waals surface area contributed by atoms with E-state index in [4.69, 9.17) is 5.26 Å². The number of urea groups is 1. The summed E-state index contributed by atoms with van der Waals surface area (Å²) in [6.45, 7) is 1.59. The monoisotopic (exact) mass is 195 g/mol. The summed E-state index contributed by atoms with van der Waals surface area (Å²) in [7, 11) is 3.54. The van der Waals surface area contributed by atoms with Gasteiger partial charge >= 0.3 is 6.03 Å². The minimum Gasteiger partial charge on any atom is -0.331 e. The molecule has 1 aliphatic rings. The fourth-order valence-corrected chi connectivity index (χ4v) is 1.74. The van der Waals surface area contributed by atoms with Gasteiger partial charge in [-0.1, -0.05) is 0 Å². The van der Waals surface area contributed by atoms with Gasteiger partial charge in [-0.3, -0.25) is 0 Å². The molecule has 78 valence electrons. The second kappa shape index (κ2) is 4.85. The van der Waals surface area contributed by atoms with E-state index < -0.39 is 0 Å². The maximum Gasteiger partial charge on any atom is 0.319 e. The van der Waals surface area contributed by atoms with Crippen molar-refractivity contribution in [2.75, 3.05) is 27.2 Å². The Kier molecular flexibility index (Phi) is 3.75. The lowest BCUT2D eigenvalue weighted by Crippen LogP contribution is -2.43. The molecule has 4 nitrogen and oxygen atoms in total. The second-order valence-corrected chi connectivity index (χ2v) is 3.97. The molecule has 0 saturated carbocycles. The summed E-state index contributed by atoms with van der Waals surface area (Å²) in [5, 5.41) is 8.54. The molecular weight excluding hydrogens is 178 g/mol. The highest BCUT2D eigenvalue weighted by Crippen LogP contribution is 2.20. The predicted octanol–water partition coefficient (Wildman–Crippen LogP) is 1.29. The van der Waals surface area contributed by atoms with E-state index in [1.54, 1.807) is 19.0 Å². The number of carbonyl (C=O) groups is 1. The van der Waals surface area contributed by atoms with Crippen molar-refractivity contribution in [1.29, 1.82) is 5.26 Å². The van der Waals surface area contributed by atoms with E-state index in [1.807, 2.05) is 4.90 Å². The molecule has 0 unspecified atom stereocenters. The number of piperidine rings is 1. The van der Waals surface area contributed by atoms with Gasteiger partial charge in [-0.2, -0.15) is 5.26 Å². The van der Waals surface area contributed by atoms with E-state index in [0.717, 1.165) is 25.9 Å². The minimum atomic E-state index is 0.0837. The van der Waals surface area contributed by atoms with Crippen LogP contribution < -0.4 is 0 Å². The van der Waals surface area contributed by atoms with Gasteiger partial charge in [0.1, 0.15) is 0 Å². The molecule has 14 heavy (non-hydrogen) atoms. The third-order valence-electron chi connectivity index (χ3n) is 2.65. The zero-order valence-electron chi connectivity index (χ0n) is 8.86. The normalized spacial score (nSPS) is 17.6. The Bertz CT molecular complexity index is 236. The van der Waals surface area contributed by atoms with Gasteiger partial charge in [-0.25, -0.2) is 4.79 Å². The number of amides is 2. The van der Waals surface area contributed by atoms with Crippen LogP contribution in [0.4, 0.5) is 4.79 Å². The van der Waals surface area contributed by atoms with Gasteiger partial charge < -0.3 is 9.80 Å². The van der Waals surface area contributed by atoms with Crippen molar-refractivity contribution < 1.29 is 4.79 Å². The molecule has 0 N–H and O–H groups in total. The predicted molar refractivity (Wildman–Crippen MR) is 53.6 cm³/mol. The molecule has 1 aliphatic heterocycles. The molecule has 4 heteroatoms. The molecule has 2 amide bonds. The van der Waals surface area contributed by atoms with Crippen molar-refractivity contribution >= 4 is 6.03 Å². The van der Waals surface area contributed by atoms with Crippen LogP contribution in [0.5, 0.6) is 0 Å². The molecular formula is C10H17N3O. The molecule has 0 aliphatic carbocycles. The first-order valence-electron chi connectivity index (χ1n) is 4.98. The highest BCUT2D eigenvalue weighted by Gasteiger charge is 2.23. The molecule has 1 fully saturated rings. The number of nitriles is 1. The third-order valence-corrected chi connectivity index (χ3v) is 2.65. The van der Waals surface area contributed by atoms with E-state index in [1.165, 1.54) is 0 Å². The van der Waals surface area contributed by atoms with Gasteiger partial charge in [0.2, 0.25) is 0 Å². The Balaban J connectivity index is 2.36. The summed E-state index contributed by atoms with van der Waals surface area (Å²) in [6.07, 6.45) is 2.56. The summed E-state index contributed by atoms with van der Waals surface area (Å²) in [4.78, 5) is 15.0. The minimum absolute atomic E-state index is 0.0837. The van der Waals surface area contributed by atoms with Crippen LogP contribution in [0.15, 0.2) is 0 Å². The SMILES string of the molecule is CN(C)C(=O)N1CCC(CC#N)CC1. The fraction of sp³-hybridized carbons (Fsp3) is 0.800. The largest absolute Gasteiger partial charge is 0.331 e. The van der Waals surface area contributed by atoms with E-state index in [2.05, 4.69) is 6.07 Å². The Morgan fingerprint density at radius 2 is 2.07 bits per heavy atom. The molecule has 1 saturated heterocycles. The number of likely N-dealkylation sites (tertiary alicyclic amines) is 1. The summed E-state index contributed by atoms with van der Waals surface area (Å²) in [6, 6.07) is 2.27. The molecule has 1 rings (SSSR count). The first kappa shape index (κ1) is 10.8. The maximum absolute atomic E-state index is 11.5. The van der Waals surface area contributed by atoms with E-state index in [0.29, 0.717) is 12.3 Å². The molecule has 0 spiro atoms. The Hall–Kier alpha value is -1.24. The van der Waals surface area contributed by atoms with E-state index >= 15 is 0 Å². The summed E-state index contributed by atoms with van der Waals surface area (Å²) in [5.74, 6) is 0.492. The van der Waals surface area contributed by atoms with Crippen molar-refractivity contribution in [3.8, 4) is 6.07 Å². The number of hydrogen-bond acceptors (Lipinski definition) is 2. The van der Waals surface area contributed by atoms with Crippen LogP contribution in [0.25, 0.3) is 0 Å². The average Bonchev–Trinajstić information content (AvgIpc) is 2.18. The standard InChI is InChI=1S/C10H17N3O/c1-12(2)10(14)13-7-4-9(3-6-11)5-8-13/h9H,3-5,7-8H2,1-2H3. The fourth-order valence-electron chi connectivity index (χ4n) is 1.74. The lowest BCUT2D eigenvalue weighted by Gasteiger charge is -2.32. The Morgan fingerprint density at radius 1 is 1.50 bits per heavy atom. The van der Waals surface area contributed by atoms with Crippen LogP contribution in [0.3, 0.4) is 0 Å². The first-order chi connectivity index (χ1) is 6.65. The summed E-state index contributed by atoms with van der Waals surface area (Å²) >= 11 is 0. The highest BCUT2D eigenvalue weighted by atomic mass is 16.2. The van der Waals surface area contributed by atoms with Crippen molar-refractivity contribution in [2.24, 2.45) is 5.92 Å². The van der Waals surface area contributed by atoms with Crippen LogP contribution >= 0.6 is 0 Å². The average molecular weight is 195 g/mol. The van der Waals surface area contributed by atoms with Gasteiger partial charge in [0, 0.05) is 33.6 Å². The van der Waals surface area contributed by atoms with Gasteiger partial charge in [-0.15, -0.1) is 0 Å². The molecule has 0 aromatic heterocycles. The zero-order valence-corrected chi connectivity index (χ0v) is 8.86. The van der Waals surface area contributed by atoms with Gasteiger partial charge in [-0.05, 0) is 18.8 Å². The third kappa shape index (κ3) is 2.63. The van der Waals surface area contributed by atoms with Crippen molar-refractivity contribution in [1.82, 2.24) is 9.80 Å². The van der Waals surface area contributed by atoms with Crippen molar-refractivity contribution in [3.63, 3.8) is 0 Å². The molecule has 1 heterocycles. The van der Waals surface area contributed by atoms with Crippen LogP contribution in [0.1, 0.15) is 19.3 Å². The smallest absolute Gasteiger partial charge is 0.319 e. The molecule has 0 atom stereocenters. The number of nitrogens with zero attached hydrogens (tertiary/aromatic N) is 3. The maximum atomic E-state index is 11.5. The second-order valence-electron chi connectivity index (χ2n) is 3.97. The number of hydrogen-bond donors (Lipinski definition) is 0. The van der Waals surface area contributed by atoms with Crippen LogP contribution in [0.2, 0.25) is 0 Å². The van der Waals surface area contributed by atoms with E-state index in [9.17, 15) is 4.79 Å². The van der Waals surface area contributed by atoms with Crippen LogP contribution in [-0.4, -0.2) is 43.0 Å². The van der Waals surface area contributed by atoms with E-state index in [-0.39, 0.29) is 6.03 Å². The van der Waals surface area contributed by atoms with Gasteiger partial charge in [0.25, 0.3) is 0 Å². The van der Waals surface area contributed by atoms with Crippen LogP contribution in [0, 0.1) is 17.2 Å². The molecule has 0 radical (unpaired) electrons. The zero-order chi connectivity index (χ0) is 10.6.